The largest absolute Gasteiger partial charge is 0.325 e. The number of nitrogens with one attached hydrogen (secondary N) is 2. The maximum absolute atomic E-state index is 12.0. The molecule has 0 aliphatic carbocycles. The lowest BCUT2D eigenvalue weighted by molar-refractivity contribution is -0.117. The number of aryl methyl sites for hydroxylation is 1. The molecule has 1 atom stereocenters. The Morgan fingerprint density at radius 1 is 1.52 bits per heavy atom. The summed E-state index contributed by atoms with van der Waals surface area (Å²) < 4.78 is 0. The molecule has 21 heavy (non-hydrogen) atoms. The molecule has 1 aromatic rings. The molecule has 2 rings (SSSR count). The van der Waals surface area contributed by atoms with Crippen molar-refractivity contribution in [3.05, 3.63) is 28.8 Å². The van der Waals surface area contributed by atoms with E-state index in [1.807, 2.05) is 26.1 Å². The minimum absolute atomic E-state index is 0.00110. The normalized spacial score (nSPS) is 18.8. The van der Waals surface area contributed by atoms with Crippen LogP contribution >= 0.6 is 11.6 Å². The summed E-state index contributed by atoms with van der Waals surface area (Å²) in [6, 6.07) is 5.58. The lowest BCUT2D eigenvalue weighted by Gasteiger charge is -2.27. The average Bonchev–Trinajstić information content (AvgIpc) is 2.43. The Balaban J connectivity index is 1.78. The van der Waals surface area contributed by atoms with E-state index in [0.29, 0.717) is 17.5 Å². The second kappa shape index (κ2) is 7.78. The van der Waals surface area contributed by atoms with Gasteiger partial charge in [0, 0.05) is 17.3 Å². The first-order valence-corrected chi connectivity index (χ1v) is 7.87. The summed E-state index contributed by atoms with van der Waals surface area (Å²) in [5.41, 5.74) is 1.76. The molecule has 116 valence electrons. The van der Waals surface area contributed by atoms with Gasteiger partial charge in [-0.05, 0) is 63.5 Å². The maximum atomic E-state index is 12.0. The number of hydrogen-bond donors (Lipinski definition) is 2. The van der Waals surface area contributed by atoms with Crippen LogP contribution in [0.4, 0.5) is 5.69 Å². The van der Waals surface area contributed by atoms with Crippen LogP contribution in [0.3, 0.4) is 0 Å². The third-order valence-corrected chi connectivity index (χ3v) is 4.25. The van der Waals surface area contributed by atoms with E-state index >= 15 is 0 Å². The minimum atomic E-state index is 0.00110. The number of piperidine rings is 1. The molecule has 1 fully saturated rings. The van der Waals surface area contributed by atoms with Crippen LogP contribution in [0.25, 0.3) is 0 Å². The van der Waals surface area contributed by atoms with Gasteiger partial charge in [0.25, 0.3) is 0 Å². The molecule has 1 amide bonds. The van der Waals surface area contributed by atoms with Gasteiger partial charge in [0.15, 0.2) is 0 Å². The molecule has 0 aromatic heterocycles. The zero-order chi connectivity index (χ0) is 15.2. The molecule has 0 spiro atoms. The van der Waals surface area contributed by atoms with Crippen LogP contribution in [0.2, 0.25) is 5.02 Å². The summed E-state index contributed by atoms with van der Waals surface area (Å²) in [6.45, 7) is 5.48. The van der Waals surface area contributed by atoms with Gasteiger partial charge in [-0.1, -0.05) is 17.7 Å². The van der Waals surface area contributed by atoms with Crippen molar-refractivity contribution in [3.8, 4) is 0 Å². The van der Waals surface area contributed by atoms with Crippen LogP contribution in [0.15, 0.2) is 18.2 Å². The zero-order valence-corrected chi connectivity index (χ0v) is 13.5. The summed E-state index contributed by atoms with van der Waals surface area (Å²) in [7, 11) is 2.00. The summed E-state index contributed by atoms with van der Waals surface area (Å²) in [4.78, 5) is 14.1. The van der Waals surface area contributed by atoms with Gasteiger partial charge in [0.1, 0.15) is 0 Å². The highest BCUT2D eigenvalue weighted by Crippen LogP contribution is 2.20. The highest BCUT2D eigenvalue weighted by Gasteiger charge is 2.16. The van der Waals surface area contributed by atoms with Crippen molar-refractivity contribution in [1.82, 2.24) is 10.2 Å². The predicted octanol–water partition coefficient (Wildman–Crippen LogP) is 2.52. The first-order chi connectivity index (χ1) is 10.0. The number of nitrogens with zero attached hydrogens (tertiary/aromatic N) is 1. The second-order valence-electron chi connectivity index (χ2n) is 5.92. The zero-order valence-electron chi connectivity index (χ0n) is 12.8. The summed E-state index contributed by atoms with van der Waals surface area (Å²) in [5.74, 6) is 0.645. The van der Waals surface area contributed by atoms with Crippen molar-refractivity contribution in [2.24, 2.45) is 5.92 Å². The minimum Gasteiger partial charge on any atom is -0.325 e. The van der Waals surface area contributed by atoms with Crippen LogP contribution in [-0.4, -0.2) is 44.0 Å². The van der Waals surface area contributed by atoms with Gasteiger partial charge in [-0.3, -0.25) is 9.69 Å². The Hall–Kier alpha value is -1.10. The molecular weight excluding hydrogens is 286 g/mol. The first kappa shape index (κ1) is 16.3. The standard InChI is InChI=1S/C16H24ClN3O/c1-12-5-6-14(8-15(12)17)19-16(21)11-20(2)10-13-4-3-7-18-9-13/h5-6,8,13,18H,3-4,7,9-11H2,1-2H3,(H,19,21). The molecule has 0 saturated carbocycles. The molecular formula is C16H24ClN3O. The molecule has 0 bridgehead atoms. The third kappa shape index (κ3) is 5.30. The van der Waals surface area contributed by atoms with E-state index in [0.717, 1.165) is 30.9 Å². The number of rotatable bonds is 5. The molecule has 1 saturated heterocycles. The number of carbonyl (C=O) groups is 1. The number of hydrogen-bond acceptors (Lipinski definition) is 3. The monoisotopic (exact) mass is 309 g/mol. The number of amides is 1. The third-order valence-electron chi connectivity index (χ3n) is 3.84. The van der Waals surface area contributed by atoms with Crippen LogP contribution in [0.5, 0.6) is 0 Å². The Bertz CT molecular complexity index is 486. The van der Waals surface area contributed by atoms with Crippen LogP contribution < -0.4 is 10.6 Å². The topological polar surface area (TPSA) is 44.4 Å². The van der Waals surface area contributed by atoms with Crippen LogP contribution in [-0.2, 0) is 4.79 Å². The van der Waals surface area contributed by atoms with Gasteiger partial charge in [0.2, 0.25) is 5.91 Å². The highest BCUT2D eigenvalue weighted by atomic mass is 35.5. The van der Waals surface area contributed by atoms with E-state index in [9.17, 15) is 4.79 Å². The fraction of sp³-hybridized carbons (Fsp3) is 0.562. The maximum Gasteiger partial charge on any atom is 0.238 e. The molecule has 1 aromatic carbocycles. The van der Waals surface area contributed by atoms with Crippen molar-refractivity contribution in [2.75, 3.05) is 38.5 Å². The number of benzene rings is 1. The number of likely N-dealkylation sites (N-methyl/N-ethyl adjacent to an activating group) is 1. The molecule has 0 radical (unpaired) electrons. The summed E-state index contributed by atoms with van der Waals surface area (Å²) >= 11 is 6.06. The lowest BCUT2D eigenvalue weighted by Crippen LogP contribution is -2.39. The summed E-state index contributed by atoms with van der Waals surface area (Å²) in [6.07, 6.45) is 2.47. The van der Waals surface area contributed by atoms with Crippen LogP contribution in [0, 0.1) is 12.8 Å². The lowest BCUT2D eigenvalue weighted by atomic mass is 9.99. The smallest absolute Gasteiger partial charge is 0.238 e. The summed E-state index contributed by atoms with van der Waals surface area (Å²) in [5, 5.41) is 6.98. The van der Waals surface area contributed by atoms with Crippen LogP contribution in [0.1, 0.15) is 18.4 Å². The van der Waals surface area contributed by atoms with E-state index in [2.05, 4.69) is 15.5 Å². The quantitative estimate of drug-likeness (QED) is 0.878. The SMILES string of the molecule is Cc1ccc(NC(=O)CN(C)CC2CCCNC2)cc1Cl. The first-order valence-electron chi connectivity index (χ1n) is 7.50. The molecule has 4 nitrogen and oxygen atoms in total. The van der Waals surface area contributed by atoms with E-state index in [4.69, 9.17) is 11.6 Å². The van der Waals surface area contributed by atoms with Gasteiger partial charge >= 0.3 is 0 Å². The Morgan fingerprint density at radius 3 is 3.00 bits per heavy atom. The highest BCUT2D eigenvalue weighted by molar-refractivity contribution is 6.31. The van der Waals surface area contributed by atoms with E-state index in [1.165, 1.54) is 12.8 Å². The molecule has 1 heterocycles. The molecule has 1 aliphatic heterocycles. The van der Waals surface area contributed by atoms with Crippen molar-refractivity contribution in [2.45, 2.75) is 19.8 Å². The number of anilines is 1. The van der Waals surface area contributed by atoms with Crippen molar-refractivity contribution in [1.29, 1.82) is 0 Å². The van der Waals surface area contributed by atoms with Gasteiger partial charge in [-0.25, -0.2) is 0 Å². The Labute approximate surface area is 131 Å². The van der Waals surface area contributed by atoms with E-state index < -0.39 is 0 Å². The van der Waals surface area contributed by atoms with Gasteiger partial charge < -0.3 is 10.6 Å². The van der Waals surface area contributed by atoms with Crippen molar-refractivity contribution < 1.29 is 4.79 Å². The number of halogens is 1. The average molecular weight is 310 g/mol. The fourth-order valence-electron chi connectivity index (χ4n) is 2.70. The fourth-order valence-corrected chi connectivity index (χ4v) is 2.88. The Morgan fingerprint density at radius 2 is 2.33 bits per heavy atom. The molecule has 1 aliphatic rings. The van der Waals surface area contributed by atoms with Gasteiger partial charge in [-0.2, -0.15) is 0 Å². The van der Waals surface area contributed by atoms with Crippen molar-refractivity contribution in [3.63, 3.8) is 0 Å². The van der Waals surface area contributed by atoms with Gasteiger partial charge in [0.05, 0.1) is 6.54 Å². The van der Waals surface area contributed by atoms with Crippen molar-refractivity contribution >= 4 is 23.2 Å². The van der Waals surface area contributed by atoms with E-state index in [-0.39, 0.29) is 5.91 Å². The Kier molecular flexibility index (Phi) is 6.03. The van der Waals surface area contributed by atoms with Gasteiger partial charge in [-0.15, -0.1) is 0 Å². The molecule has 5 heteroatoms. The predicted molar refractivity (Wildman–Crippen MR) is 87.9 cm³/mol. The molecule has 1 unspecified atom stereocenters. The number of carbonyl (C=O) groups excluding carboxylic acids is 1. The van der Waals surface area contributed by atoms with E-state index in [1.54, 1.807) is 6.07 Å². The second-order valence-corrected chi connectivity index (χ2v) is 6.33. The molecule has 2 N–H and O–H groups in total.